The summed E-state index contributed by atoms with van der Waals surface area (Å²) in [7, 11) is 0. The third kappa shape index (κ3) is 3.72. The number of nitrogens with two attached hydrogens (primary N) is 1. The van der Waals surface area contributed by atoms with Crippen molar-refractivity contribution in [2.75, 3.05) is 19.6 Å². The molecule has 70 valence electrons. The maximum Gasteiger partial charge on any atom is 0.0918 e. The lowest BCUT2D eigenvalue weighted by atomic mass is 10.2. The summed E-state index contributed by atoms with van der Waals surface area (Å²) in [6.07, 6.45) is 6.11. The zero-order valence-corrected chi connectivity index (χ0v) is 7.68. The number of amidine groups is 1. The van der Waals surface area contributed by atoms with Crippen molar-refractivity contribution in [3.63, 3.8) is 0 Å². The van der Waals surface area contributed by atoms with Crippen molar-refractivity contribution < 1.29 is 0 Å². The summed E-state index contributed by atoms with van der Waals surface area (Å²) in [5.41, 5.74) is 5.31. The molecule has 3 N–H and O–H groups in total. The van der Waals surface area contributed by atoms with Crippen LogP contribution in [0.15, 0.2) is 0 Å². The highest BCUT2D eigenvalue weighted by molar-refractivity contribution is 5.76. The van der Waals surface area contributed by atoms with E-state index in [0.717, 1.165) is 13.0 Å². The smallest absolute Gasteiger partial charge is 0.0918 e. The van der Waals surface area contributed by atoms with E-state index in [1.54, 1.807) is 0 Å². The molecule has 1 aliphatic heterocycles. The fourth-order valence-electron chi connectivity index (χ4n) is 1.64. The molecule has 0 unspecified atom stereocenters. The molecule has 0 spiro atoms. The highest BCUT2D eigenvalue weighted by atomic mass is 15.1. The average molecular weight is 169 g/mol. The van der Waals surface area contributed by atoms with Crippen LogP contribution in [0.3, 0.4) is 0 Å². The molecule has 1 aliphatic rings. The Kier molecular flexibility index (Phi) is 4.08. The van der Waals surface area contributed by atoms with Gasteiger partial charge in [0.15, 0.2) is 0 Å². The summed E-state index contributed by atoms with van der Waals surface area (Å²) in [6, 6.07) is 0. The first-order chi connectivity index (χ1) is 5.79. The number of hydrogen-bond acceptors (Lipinski definition) is 2. The zero-order valence-electron chi connectivity index (χ0n) is 7.68. The summed E-state index contributed by atoms with van der Waals surface area (Å²) < 4.78 is 0. The number of likely N-dealkylation sites (tertiary alicyclic amines) is 1. The normalized spacial score (nSPS) is 20.3. The van der Waals surface area contributed by atoms with E-state index >= 15 is 0 Å². The molecular formula is C9H19N3. The predicted octanol–water partition coefficient (Wildman–Crippen LogP) is 1.19. The SMILES string of the molecule is N=C(N)CCN1CCCCCC1. The van der Waals surface area contributed by atoms with E-state index in [4.69, 9.17) is 11.1 Å². The van der Waals surface area contributed by atoms with Crippen molar-refractivity contribution in [3.05, 3.63) is 0 Å². The second-order valence-electron chi connectivity index (χ2n) is 3.53. The highest BCUT2D eigenvalue weighted by Crippen LogP contribution is 2.09. The first kappa shape index (κ1) is 9.52. The van der Waals surface area contributed by atoms with Gasteiger partial charge in [-0.3, -0.25) is 5.41 Å². The van der Waals surface area contributed by atoms with E-state index in [1.807, 2.05) is 0 Å². The Hall–Kier alpha value is -0.570. The van der Waals surface area contributed by atoms with Crippen LogP contribution in [0, 0.1) is 5.41 Å². The molecule has 0 saturated carbocycles. The van der Waals surface area contributed by atoms with Gasteiger partial charge in [-0.2, -0.15) is 0 Å². The molecule has 0 aliphatic carbocycles. The fourth-order valence-corrected chi connectivity index (χ4v) is 1.64. The Labute approximate surface area is 74.4 Å². The number of hydrogen-bond donors (Lipinski definition) is 2. The second-order valence-corrected chi connectivity index (χ2v) is 3.53. The summed E-state index contributed by atoms with van der Waals surface area (Å²) in [5, 5.41) is 7.12. The van der Waals surface area contributed by atoms with Gasteiger partial charge in [0, 0.05) is 13.0 Å². The van der Waals surface area contributed by atoms with Gasteiger partial charge in [-0.25, -0.2) is 0 Å². The lowest BCUT2D eigenvalue weighted by Crippen LogP contribution is -2.28. The molecule has 3 nitrogen and oxygen atoms in total. The van der Waals surface area contributed by atoms with Gasteiger partial charge in [-0.05, 0) is 25.9 Å². The van der Waals surface area contributed by atoms with E-state index < -0.39 is 0 Å². The molecule has 0 atom stereocenters. The van der Waals surface area contributed by atoms with E-state index in [1.165, 1.54) is 38.8 Å². The highest BCUT2D eigenvalue weighted by Gasteiger charge is 2.08. The molecule has 0 aromatic rings. The van der Waals surface area contributed by atoms with E-state index in [2.05, 4.69) is 4.90 Å². The Morgan fingerprint density at radius 2 is 1.75 bits per heavy atom. The first-order valence-corrected chi connectivity index (χ1v) is 4.84. The topological polar surface area (TPSA) is 53.1 Å². The van der Waals surface area contributed by atoms with Crippen molar-refractivity contribution in [1.29, 1.82) is 5.41 Å². The monoisotopic (exact) mass is 169 g/mol. The second kappa shape index (κ2) is 5.14. The average Bonchev–Trinajstić information content (AvgIpc) is 2.28. The summed E-state index contributed by atoms with van der Waals surface area (Å²) in [5.74, 6) is 0.319. The van der Waals surface area contributed by atoms with Crippen molar-refractivity contribution in [3.8, 4) is 0 Å². The van der Waals surface area contributed by atoms with Crippen LogP contribution in [0.5, 0.6) is 0 Å². The minimum absolute atomic E-state index is 0.319. The first-order valence-electron chi connectivity index (χ1n) is 4.84. The maximum atomic E-state index is 7.12. The van der Waals surface area contributed by atoms with Crippen LogP contribution < -0.4 is 5.73 Å². The van der Waals surface area contributed by atoms with Crippen LogP contribution in [-0.2, 0) is 0 Å². The minimum atomic E-state index is 0.319. The number of nitrogens with zero attached hydrogens (tertiary/aromatic N) is 1. The lowest BCUT2D eigenvalue weighted by Gasteiger charge is -2.18. The van der Waals surface area contributed by atoms with Crippen molar-refractivity contribution in [1.82, 2.24) is 4.90 Å². The van der Waals surface area contributed by atoms with Gasteiger partial charge in [-0.15, -0.1) is 0 Å². The van der Waals surface area contributed by atoms with Gasteiger partial charge >= 0.3 is 0 Å². The summed E-state index contributed by atoms with van der Waals surface area (Å²) in [6.45, 7) is 3.38. The molecule has 1 heterocycles. The Balaban J connectivity index is 2.16. The quantitative estimate of drug-likeness (QED) is 0.492. The fraction of sp³-hybridized carbons (Fsp3) is 0.889. The molecule has 0 bridgehead atoms. The van der Waals surface area contributed by atoms with E-state index in [-0.39, 0.29) is 0 Å². The Morgan fingerprint density at radius 1 is 1.17 bits per heavy atom. The number of rotatable bonds is 3. The largest absolute Gasteiger partial charge is 0.388 e. The van der Waals surface area contributed by atoms with Crippen LogP contribution in [0.2, 0.25) is 0 Å². The molecule has 1 fully saturated rings. The summed E-state index contributed by atoms with van der Waals surface area (Å²) >= 11 is 0. The van der Waals surface area contributed by atoms with Gasteiger partial charge < -0.3 is 10.6 Å². The molecular weight excluding hydrogens is 150 g/mol. The molecule has 1 rings (SSSR count). The van der Waals surface area contributed by atoms with Gasteiger partial charge in [0.25, 0.3) is 0 Å². The van der Waals surface area contributed by atoms with Crippen molar-refractivity contribution in [2.24, 2.45) is 5.73 Å². The summed E-state index contributed by atoms with van der Waals surface area (Å²) in [4.78, 5) is 2.42. The zero-order chi connectivity index (χ0) is 8.81. The van der Waals surface area contributed by atoms with Crippen LogP contribution >= 0.6 is 0 Å². The molecule has 12 heavy (non-hydrogen) atoms. The van der Waals surface area contributed by atoms with Gasteiger partial charge in [0.1, 0.15) is 0 Å². The van der Waals surface area contributed by atoms with Crippen molar-refractivity contribution >= 4 is 5.84 Å². The molecule has 0 amide bonds. The molecule has 0 aromatic carbocycles. The van der Waals surface area contributed by atoms with Gasteiger partial charge in [0.2, 0.25) is 0 Å². The van der Waals surface area contributed by atoms with Crippen LogP contribution in [-0.4, -0.2) is 30.4 Å². The standard InChI is InChI=1S/C9H19N3/c10-9(11)5-8-12-6-3-1-2-4-7-12/h1-8H2,(H3,10,11). The third-order valence-electron chi connectivity index (χ3n) is 2.40. The van der Waals surface area contributed by atoms with Gasteiger partial charge in [-0.1, -0.05) is 12.8 Å². The molecule has 1 saturated heterocycles. The van der Waals surface area contributed by atoms with Crippen LogP contribution in [0.1, 0.15) is 32.1 Å². The Morgan fingerprint density at radius 3 is 2.25 bits per heavy atom. The van der Waals surface area contributed by atoms with Crippen LogP contribution in [0.25, 0.3) is 0 Å². The van der Waals surface area contributed by atoms with E-state index in [0.29, 0.717) is 5.84 Å². The predicted molar refractivity (Wildman–Crippen MR) is 51.4 cm³/mol. The molecule has 0 aromatic heterocycles. The molecule has 0 radical (unpaired) electrons. The minimum Gasteiger partial charge on any atom is -0.388 e. The van der Waals surface area contributed by atoms with E-state index in [9.17, 15) is 0 Å². The van der Waals surface area contributed by atoms with Gasteiger partial charge in [0.05, 0.1) is 5.84 Å². The molecule has 3 heteroatoms. The lowest BCUT2D eigenvalue weighted by molar-refractivity contribution is 0.293. The number of nitrogens with one attached hydrogen (secondary N) is 1. The Bertz CT molecular complexity index is 137. The third-order valence-corrected chi connectivity index (χ3v) is 2.40. The maximum absolute atomic E-state index is 7.12. The van der Waals surface area contributed by atoms with Crippen molar-refractivity contribution in [2.45, 2.75) is 32.1 Å². The van der Waals surface area contributed by atoms with Crippen LogP contribution in [0.4, 0.5) is 0 Å².